The molecule has 2 fully saturated rings. The summed E-state index contributed by atoms with van der Waals surface area (Å²) in [6.07, 6.45) is -2.75. The number of anilines is 1. The molecule has 0 spiro atoms. The Hall–Kier alpha value is -4.82. The van der Waals surface area contributed by atoms with Crippen LogP contribution in [0.5, 0.6) is 0 Å². The topological polar surface area (TPSA) is 92.8 Å². The number of nitriles is 1. The summed E-state index contributed by atoms with van der Waals surface area (Å²) >= 11 is 0. The minimum atomic E-state index is -4.38. The number of furan rings is 1. The molecule has 2 saturated heterocycles. The number of carbonyl (C=O) groups excluding carboxylic acids is 2. The maximum Gasteiger partial charge on any atom is 0.416 e. The lowest BCUT2D eigenvalue weighted by atomic mass is 10.0. The first-order chi connectivity index (χ1) is 21.7. The zero-order valence-electron chi connectivity index (χ0n) is 24.5. The van der Waals surface area contributed by atoms with Gasteiger partial charge in [-0.05, 0) is 79.1 Å². The summed E-state index contributed by atoms with van der Waals surface area (Å²) in [6, 6.07) is 21.6. The van der Waals surface area contributed by atoms with Crippen LogP contribution in [0.15, 0.2) is 77.2 Å². The predicted octanol–water partition coefficient (Wildman–Crippen LogP) is 5.68. The Morgan fingerprint density at radius 2 is 1.58 bits per heavy atom. The predicted molar refractivity (Wildman–Crippen MR) is 163 cm³/mol. The number of alkyl halides is 3. The van der Waals surface area contributed by atoms with E-state index in [9.17, 15) is 22.8 Å². The maximum atomic E-state index is 13.3. The largest absolute Gasteiger partial charge is 0.451 e. The molecule has 2 aliphatic heterocycles. The molecule has 3 heterocycles. The second-order valence-corrected chi connectivity index (χ2v) is 11.5. The number of fused-ring (bicyclic) bond motifs is 1. The van der Waals surface area contributed by atoms with Gasteiger partial charge in [-0.3, -0.25) is 14.5 Å². The van der Waals surface area contributed by atoms with Gasteiger partial charge >= 0.3 is 6.18 Å². The number of amides is 2. The molecule has 6 rings (SSSR count). The monoisotopic (exact) mass is 615 g/mol. The van der Waals surface area contributed by atoms with E-state index < -0.39 is 11.7 Å². The summed E-state index contributed by atoms with van der Waals surface area (Å²) in [6.45, 7) is 4.36. The number of benzene rings is 3. The van der Waals surface area contributed by atoms with E-state index in [-0.39, 0.29) is 23.6 Å². The Bertz CT molecular complexity index is 1710. The molecule has 0 atom stereocenters. The molecule has 3 aromatic carbocycles. The third-order valence-corrected chi connectivity index (χ3v) is 8.53. The third-order valence-electron chi connectivity index (χ3n) is 8.53. The lowest BCUT2D eigenvalue weighted by Gasteiger charge is -2.36. The zero-order chi connectivity index (χ0) is 31.6. The molecule has 0 radical (unpaired) electrons. The van der Waals surface area contributed by atoms with Gasteiger partial charge in [0, 0.05) is 68.5 Å². The summed E-state index contributed by atoms with van der Waals surface area (Å²) in [5, 5.41) is 12.7. The number of rotatable bonds is 6. The summed E-state index contributed by atoms with van der Waals surface area (Å²) in [5.41, 5.74) is 2.79. The molecule has 0 unspecified atom stereocenters. The van der Waals surface area contributed by atoms with Gasteiger partial charge in [-0.2, -0.15) is 18.4 Å². The normalized spacial score (nSPS) is 16.5. The van der Waals surface area contributed by atoms with Crippen molar-refractivity contribution >= 4 is 28.5 Å². The molecule has 4 aromatic rings. The van der Waals surface area contributed by atoms with Gasteiger partial charge in [-0.15, -0.1) is 0 Å². The molecule has 2 amide bonds. The van der Waals surface area contributed by atoms with Crippen LogP contribution in [0, 0.1) is 11.3 Å². The number of halogens is 3. The van der Waals surface area contributed by atoms with Crippen LogP contribution in [0.1, 0.15) is 50.4 Å². The van der Waals surface area contributed by atoms with Crippen LogP contribution in [0.4, 0.5) is 18.9 Å². The lowest BCUT2D eigenvalue weighted by Crippen LogP contribution is -2.48. The lowest BCUT2D eigenvalue weighted by molar-refractivity contribution is -0.137. The van der Waals surface area contributed by atoms with Gasteiger partial charge in [-0.1, -0.05) is 12.1 Å². The fraction of sp³-hybridized carbons (Fsp3) is 0.324. The van der Waals surface area contributed by atoms with Crippen molar-refractivity contribution in [3.8, 4) is 6.07 Å². The minimum Gasteiger partial charge on any atom is -0.451 e. The first-order valence-corrected chi connectivity index (χ1v) is 14.9. The number of hydrogen-bond acceptors (Lipinski definition) is 6. The molecule has 0 bridgehead atoms. The van der Waals surface area contributed by atoms with Crippen LogP contribution in [-0.4, -0.2) is 66.9 Å². The second kappa shape index (κ2) is 12.7. The van der Waals surface area contributed by atoms with Gasteiger partial charge in [0.25, 0.3) is 11.8 Å². The molecular formula is C34H32F3N5O3. The maximum absolute atomic E-state index is 13.3. The molecule has 45 heavy (non-hydrogen) atoms. The minimum absolute atomic E-state index is 0.0290. The van der Waals surface area contributed by atoms with Crippen molar-refractivity contribution in [3.63, 3.8) is 0 Å². The fourth-order valence-electron chi connectivity index (χ4n) is 5.93. The van der Waals surface area contributed by atoms with Crippen LogP contribution in [0.2, 0.25) is 0 Å². The summed E-state index contributed by atoms with van der Waals surface area (Å²) < 4.78 is 44.5. The molecule has 0 aliphatic carbocycles. The zero-order valence-corrected chi connectivity index (χ0v) is 24.5. The van der Waals surface area contributed by atoms with Crippen molar-refractivity contribution in [3.05, 3.63) is 101 Å². The Balaban J connectivity index is 1.01. The summed E-state index contributed by atoms with van der Waals surface area (Å²) in [4.78, 5) is 32.3. The van der Waals surface area contributed by atoms with E-state index in [2.05, 4.69) is 16.3 Å². The Morgan fingerprint density at radius 3 is 2.22 bits per heavy atom. The van der Waals surface area contributed by atoms with Crippen LogP contribution < -0.4 is 10.2 Å². The van der Waals surface area contributed by atoms with Crippen molar-refractivity contribution in [1.82, 2.24) is 15.1 Å². The Kier molecular flexibility index (Phi) is 8.50. The van der Waals surface area contributed by atoms with Crippen LogP contribution in [0.3, 0.4) is 0 Å². The molecule has 8 nitrogen and oxygen atoms in total. The Labute approximate surface area is 258 Å². The molecule has 0 saturated carbocycles. The highest BCUT2D eigenvalue weighted by Crippen LogP contribution is 2.31. The highest BCUT2D eigenvalue weighted by atomic mass is 19.4. The van der Waals surface area contributed by atoms with E-state index in [1.807, 2.05) is 29.2 Å². The van der Waals surface area contributed by atoms with Crippen molar-refractivity contribution in [2.24, 2.45) is 0 Å². The molecule has 11 heteroatoms. The van der Waals surface area contributed by atoms with Crippen molar-refractivity contribution in [2.75, 3.05) is 44.2 Å². The summed E-state index contributed by atoms with van der Waals surface area (Å²) in [5.74, 6) is -0.243. The highest BCUT2D eigenvalue weighted by molar-refractivity contribution is 6.00. The third kappa shape index (κ3) is 6.97. The molecule has 232 valence electrons. The fourth-order valence-corrected chi connectivity index (χ4v) is 5.93. The number of nitrogens with one attached hydrogen (secondary N) is 1. The van der Waals surface area contributed by atoms with Crippen molar-refractivity contribution in [2.45, 2.75) is 31.6 Å². The van der Waals surface area contributed by atoms with Crippen molar-refractivity contribution < 1.29 is 27.2 Å². The first kappa shape index (κ1) is 30.2. The van der Waals surface area contributed by atoms with Crippen LogP contribution >= 0.6 is 0 Å². The van der Waals surface area contributed by atoms with Gasteiger partial charge in [0.1, 0.15) is 5.58 Å². The number of piperazine rings is 1. The smallest absolute Gasteiger partial charge is 0.416 e. The SMILES string of the molecule is N#Cc1ccc(CN2CCC(NC(=O)c3cc4cc(C(=O)N5CCN(c6ccc(C(F)(F)F)cc6)CC5)ccc4o3)CC2)cc1. The number of hydrogen-bond donors (Lipinski definition) is 1. The molecular weight excluding hydrogens is 583 g/mol. The van der Waals surface area contributed by atoms with E-state index in [1.165, 1.54) is 12.1 Å². The average molecular weight is 616 g/mol. The number of piperidine rings is 1. The molecule has 1 N–H and O–H groups in total. The standard InChI is InChI=1S/C34H32F3N5O3/c35-34(36,37)27-6-8-29(9-7-27)41-15-17-42(18-16-41)33(44)25-5-10-30-26(19-25)20-31(45-30)32(43)39-28-11-13-40(14-12-28)22-24-3-1-23(21-38)2-4-24/h1-10,19-20,28H,11-18,22H2,(H,39,43). The number of nitrogens with zero attached hydrogens (tertiary/aromatic N) is 4. The highest BCUT2D eigenvalue weighted by Gasteiger charge is 2.31. The van der Waals surface area contributed by atoms with Crippen LogP contribution in [-0.2, 0) is 12.7 Å². The molecule has 2 aliphatic rings. The van der Waals surface area contributed by atoms with E-state index in [0.29, 0.717) is 54.0 Å². The van der Waals surface area contributed by atoms with Crippen molar-refractivity contribution in [1.29, 1.82) is 5.26 Å². The van der Waals surface area contributed by atoms with E-state index in [4.69, 9.17) is 9.68 Å². The number of likely N-dealkylation sites (tertiary alicyclic amines) is 1. The van der Waals surface area contributed by atoms with E-state index >= 15 is 0 Å². The van der Waals surface area contributed by atoms with E-state index in [0.717, 1.165) is 50.2 Å². The van der Waals surface area contributed by atoms with Gasteiger partial charge in [-0.25, -0.2) is 0 Å². The second-order valence-electron chi connectivity index (χ2n) is 11.5. The van der Waals surface area contributed by atoms with Gasteiger partial charge in [0.2, 0.25) is 0 Å². The van der Waals surface area contributed by atoms with Crippen LogP contribution in [0.25, 0.3) is 11.0 Å². The van der Waals surface area contributed by atoms with Gasteiger partial charge in [0.05, 0.1) is 17.2 Å². The van der Waals surface area contributed by atoms with Gasteiger partial charge in [0.15, 0.2) is 5.76 Å². The molecule has 1 aromatic heterocycles. The Morgan fingerprint density at radius 1 is 0.889 bits per heavy atom. The van der Waals surface area contributed by atoms with E-state index in [1.54, 1.807) is 29.2 Å². The first-order valence-electron chi connectivity index (χ1n) is 14.9. The summed E-state index contributed by atoms with van der Waals surface area (Å²) in [7, 11) is 0. The quantitative estimate of drug-likeness (QED) is 0.300. The van der Waals surface area contributed by atoms with Gasteiger partial charge < -0.3 is 19.5 Å². The average Bonchev–Trinajstić information content (AvgIpc) is 3.49. The number of carbonyl (C=O) groups is 2.